The molecule has 2 aromatic carbocycles. The van der Waals surface area contributed by atoms with Crippen molar-refractivity contribution in [3.63, 3.8) is 0 Å². The van der Waals surface area contributed by atoms with Crippen molar-refractivity contribution in [2.24, 2.45) is 0 Å². The number of rotatable bonds is 4. The number of amides is 1. The second-order valence-corrected chi connectivity index (χ2v) is 5.10. The van der Waals surface area contributed by atoms with E-state index in [2.05, 4.69) is 5.32 Å². The third kappa shape index (κ3) is 3.43. The average Bonchev–Trinajstić information content (AvgIpc) is 2.53. The monoisotopic (exact) mass is 301 g/mol. The first-order chi connectivity index (χ1) is 10.7. The highest BCUT2D eigenvalue weighted by Crippen LogP contribution is 2.29. The van der Waals surface area contributed by atoms with Crippen molar-refractivity contribution in [2.75, 3.05) is 6.79 Å². The van der Waals surface area contributed by atoms with Crippen molar-refractivity contribution in [1.82, 2.24) is 5.32 Å². The van der Waals surface area contributed by atoms with Crippen LogP contribution in [0.4, 0.5) is 4.39 Å². The SMILES string of the molecule is O=C(Cc1ccccc1)NCc1cc(F)cc2c1OCOC2. The molecule has 0 saturated heterocycles. The van der Waals surface area contributed by atoms with Gasteiger partial charge in [-0.15, -0.1) is 0 Å². The van der Waals surface area contributed by atoms with Gasteiger partial charge in [0.05, 0.1) is 13.0 Å². The van der Waals surface area contributed by atoms with E-state index in [-0.39, 0.29) is 25.1 Å². The second-order valence-electron chi connectivity index (χ2n) is 5.10. The molecule has 5 heteroatoms. The van der Waals surface area contributed by atoms with Crippen LogP contribution in [0.25, 0.3) is 0 Å². The minimum atomic E-state index is -0.361. The number of ether oxygens (including phenoxy) is 2. The van der Waals surface area contributed by atoms with Crippen LogP contribution in [-0.4, -0.2) is 12.7 Å². The van der Waals surface area contributed by atoms with Crippen LogP contribution < -0.4 is 10.1 Å². The maximum Gasteiger partial charge on any atom is 0.224 e. The lowest BCUT2D eigenvalue weighted by atomic mass is 10.1. The smallest absolute Gasteiger partial charge is 0.224 e. The number of nitrogens with one attached hydrogen (secondary N) is 1. The molecule has 4 nitrogen and oxygen atoms in total. The molecule has 0 radical (unpaired) electrons. The molecular formula is C17H16FNO3. The average molecular weight is 301 g/mol. The fraction of sp³-hybridized carbons (Fsp3) is 0.235. The van der Waals surface area contributed by atoms with E-state index in [4.69, 9.17) is 9.47 Å². The quantitative estimate of drug-likeness (QED) is 0.944. The Morgan fingerprint density at radius 2 is 2.05 bits per heavy atom. The van der Waals surface area contributed by atoms with Crippen LogP contribution in [0.5, 0.6) is 5.75 Å². The lowest BCUT2D eigenvalue weighted by molar-refractivity contribution is -0.120. The van der Waals surface area contributed by atoms with E-state index in [0.29, 0.717) is 29.9 Å². The fourth-order valence-corrected chi connectivity index (χ4v) is 2.43. The van der Waals surface area contributed by atoms with Crippen LogP contribution in [0.1, 0.15) is 16.7 Å². The van der Waals surface area contributed by atoms with Gasteiger partial charge in [-0.3, -0.25) is 4.79 Å². The van der Waals surface area contributed by atoms with Gasteiger partial charge in [-0.25, -0.2) is 4.39 Å². The Morgan fingerprint density at radius 3 is 2.86 bits per heavy atom. The lowest BCUT2D eigenvalue weighted by Crippen LogP contribution is -2.25. The second kappa shape index (κ2) is 6.58. The van der Waals surface area contributed by atoms with Gasteiger partial charge in [0, 0.05) is 17.7 Å². The maximum atomic E-state index is 13.6. The summed E-state index contributed by atoms with van der Waals surface area (Å²) >= 11 is 0. The maximum absolute atomic E-state index is 13.6. The molecule has 2 aromatic rings. The van der Waals surface area contributed by atoms with Crippen LogP contribution in [-0.2, 0) is 29.1 Å². The molecule has 1 N–H and O–H groups in total. The molecule has 0 fully saturated rings. The molecule has 0 aliphatic carbocycles. The van der Waals surface area contributed by atoms with Gasteiger partial charge in [0.25, 0.3) is 0 Å². The van der Waals surface area contributed by atoms with Gasteiger partial charge in [-0.2, -0.15) is 0 Å². The molecule has 1 aliphatic heterocycles. The number of carbonyl (C=O) groups is 1. The highest BCUT2D eigenvalue weighted by atomic mass is 19.1. The summed E-state index contributed by atoms with van der Waals surface area (Å²) in [5.74, 6) is 0.129. The molecule has 0 spiro atoms. The van der Waals surface area contributed by atoms with E-state index in [0.717, 1.165) is 5.56 Å². The van der Waals surface area contributed by atoms with Crippen molar-refractivity contribution >= 4 is 5.91 Å². The van der Waals surface area contributed by atoms with E-state index in [9.17, 15) is 9.18 Å². The summed E-state index contributed by atoms with van der Waals surface area (Å²) in [6, 6.07) is 12.2. The van der Waals surface area contributed by atoms with Gasteiger partial charge in [-0.05, 0) is 17.7 Å². The molecule has 0 saturated carbocycles. The van der Waals surface area contributed by atoms with Crippen molar-refractivity contribution in [3.05, 3.63) is 65.0 Å². The molecule has 1 amide bonds. The summed E-state index contributed by atoms with van der Waals surface area (Å²) in [7, 11) is 0. The number of carbonyl (C=O) groups excluding carboxylic acids is 1. The van der Waals surface area contributed by atoms with E-state index in [1.807, 2.05) is 30.3 Å². The molecule has 114 valence electrons. The van der Waals surface area contributed by atoms with Gasteiger partial charge in [0.15, 0.2) is 6.79 Å². The van der Waals surface area contributed by atoms with Crippen molar-refractivity contribution < 1.29 is 18.7 Å². The largest absolute Gasteiger partial charge is 0.467 e. The zero-order valence-electron chi connectivity index (χ0n) is 12.0. The fourth-order valence-electron chi connectivity index (χ4n) is 2.43. The van der Waals surface area contributed by atoms with Gasteiger partial charge >= 0.3 is 0 Å². The van der Waals surface area contributed by atoms with Gasteiger partial charge < -0.3 is 14.8 Å². The van der Waals surface area contributed by atoms with Crippen molar-refractivity contribution in [3.8, 4) is 5.75 Å². The van der Waals surface area contributed by atoms with Gasteiger partial charge in [-0.1, -0.05) is 30.3 Å². The minimum absolute atomic E-state index is 0.115. The molecular weight excluding hydrogens is 285 g/mol. The Labute approximate surface area is 127 Å². The Morgan fingerprint density at radius 1 is 1.23 bits per heavy atom. The van der Waals surface area contributed by atoms with Crippen LogP contribution in [0.3, 0.4) is 0 Å². The molecule has 1 aliphatic rings. The first-order valence-corrected chi connectivity index (χ1v) is 7.05. The molecule has 0 atom stereocenters. The Kier molecular flexibility index (Phi) is 4.34. The number of halogens is 1. The minimum Gasteiger partial charge on any atom is -0.467 e. The molecule has 0 unspecified atom stereocenters. The predicted octanol–water partition coefficient (Wildman–Crippen LogP) is 2.55. The summed E-state index contributed by atoms with van der Waals surface area (Å²) in [6.45, 7) is 0.688. The third-order valence-corrected chi connectivity index (χ3v) is 3.44. The van der Waals surface area contributed by atoms with Crippen molar-refractivity contribution in [2.45, 2.75) is 19.6 Å². The molecule has 0 aromatic heterocycles. The van der Waals surface area contributed by atoms with Gasteiger partial charge in [0.2, 0.25) is 5.91 Å². The summed E-state index contributed by atoms with van der Waals surface area (Å²) in [6.07, 6.45) is 0.294. The lowest BCUT2D eigenvalue weighted by Gasteiger charge is -2.21. The topological polar surface area (TPSA) is 47.6 Å². The number of fused-ring (bicyclic) bond motifs is 1. The summed E-state index contributed by atoms with van der Waals surface area (Å²) in [4.78, 5) is 12.0. The van der Waals surface area contributed by atoms with Crippen LogP contribution in [0.2, 0.25) is 0 Å². The van der Waals surface area contributed by atoms with E-state index < -0.39 is 0 Å². The highest BCUT2D eigenvalue weighted by Gasteiger charge is 2.17. The number of hydrogen-bond acceptors (Lipinski definition) is 3. The molecule has 1 heterocycles. The summed E-state index contributed by atoms with van der Waals surface area (Å²) in [5.41, 5.74) is 2.23. The van der Waals surface area contributed by atoms with Crippen molar-refractivity contribution in [1.29, 1.82) is 0 Å². The Bertz CT molecular complexity index is 673. The molecule has 3 rings (SSSR count). The number of hydrogen-bond donors (Lipinski definition) is 1. The summed E-state index contributed by atoms with van der Waals surface area (Å²) in [5, 5.41) is 2.80. The van der Waals surface area contributed by atoms with E-state index in [1.54, 1.807) is 0 Å². The Balaban J connectivity index is 1.66. The first-order valence-electron chi connectivity index (χ1n) is 7.05. The van der Waals surface area contributed by atoms with Gasteiger partial charge in [0.1, 0.15) is 11.6 Å². The summed E-state index contributed by atoms with van der Waals surface area (Å²) < 4.78 is 24.2. The predicted molar refractivity (Wildman–Crippen MR) is 78.7 cm³/mol. The highest BCUT2D eigenvalue weighted by molar-refractivity contribution is 5.78. The first kappa shape index (κ1) is 14.5. The zero-order chi connectivity index (χ0) is 15.4. The zero-order valence-corrected chi connectivity index (χ0v) is 12.0. The normalized spacial score (nSPS) is 13.1. The van der Waals surface area contributed by atoms with Crippen LogP contribution >= 0.6 is 0 Å². The van der Waals surface area contributed by atoms with Crippen LogP contribution in [0.15, 0.2) is 42.5 Å². The van der Waals surface area contributed by atoms with E-state index in [1.165, 1.54) is 12.1 Å². The standard InChI is InChI=1S/C17H16FNO3/c18-15-7-13(17-14(8-15)10-21-11-22-17)9-19-16(20)6-12-4-2-1-3-5-12/h1-5,7-8H,6,9-11H2,(H,19,20). The third-order valence-electron chi connectivity index (χ3n) is 3.44. The van der Waals surface area contributed by atoms with E-state index >= 15 is 0 Å². The molecule has 22 heavy (non-hydrogen) atoms. The Hall–Kier alpha value is -2.40. The number of benzene rings is 2. The molecule has 0 bridgehead atoms. The van der Waals surface area contributed by atoms with Crippen LogP contribution in [0, 0.1) is 5.82 Å².